The molecule has 0 unspecified atom stereocenters. The second-order valence-electron chi connectivity index (χ2n) is 7.66. The lowest BCUT2D eigenvalue weighted by Crippen LogP contribution is -2.46. The summed E-state index contributed by atoms with van der Waals surface area (Å²) in [6.07, 6.45) is 6.17. The Morgan fingerprint density at radius 2 is 2.08 bits per heavy atom. The van der Waals surface area contributed by atoms with Gasteiger partial charge in [-0.25, -0.2) is 4.79 Å². The molecular weight excluding hydrogens is 332 g/mol. The van der Waals surface area contributed by atoms with Crippen molar-refractivity contribution in [3.8, 4) is 0 Å². The van der Waals surface area contributed by atoms with Gasteiger partial charge >= 0.3 is 6.09 Å². The van der Waals surface area contributed by atoms with Crippen LogP contribution < -0.4 is 0 Å². The van der Waals surface area contributed by atoms with Gasteiger partial charge in [0.1, 0.15) is 17.9 Å². The number of hydrogen-bond acceptors (Lipinski definition) is 5. The van der Waals surface area contributed by atoms with Crippen molar-refractivity contribution in [2.75, 3.05) is 19.8 Å². The lowest BCUT2D eigenvalue weighted by Gasteiger charge is -2.36. The number of piperidine rings is 1. The van der Waals surface area contributed by atoms with Crippen LogP contribution in [0.2, 0.25) is 0 Å². The summed E-state index contributed by atoms with van der Waals surface area (Å²) in [6.45, 7) is 6.94. The highest BCUT2D eigenvalue weighted by molar-refractivity contribution is 5.95. The number of rotatable bonds is 7. The van der Waals surface area contributed by atoms with E-state index in [1.54, 1.807) is 24.4 Å². The van der Waals surface area contributed by atoms with Crippen molar-refractivity contribution >= 4 is 11.9 Å². The van der Waals surface area contributed by atoms with Crippen LogP contribution in [-0.2, 0) is 9.47 Å². The van der Waals surface area contributed by atoms with Crippen molar-refractivity contribution in [2.24, 2.45) is 0 Å². The average molecular weight is 362 g/mol. The van der Waals surface area contributed by atoms with Gasteiger partial charge in [-0.2, -0.15) is 0 Å². The quantitative estimate of drug-likeness (QED) is 0.544. The molecule has 1 atom stereocenters. The molecule has 6 heteroatoms. The zero-order valence-electron chi connectivity index (χ0n) is 16.1. The Bertz CT molecular complexity index is 583. The second-order valence-corrected chi connectivity index (χ2v) is 7.66. The molecule has 6 nitrogen and oxygen atoms in total. The minimum atomic E-state index is -0.478. The minimum absolute atomic E-state index is 0.0391. The first-order valence-electron chi connectivity index (χ1n) is 9.38. The van der Waals surface area contributed by atoms with Crippen LogP contribution in [0.25, 0.3) is 0 Å². The van der Waals surface area contributed by atoms with Gasteiger partial charge in [0.05, 0.1) is 0 Å². The van der Waals surface area contributed by atoms with Crippen molar-refractivity contribution in [3.05, 3.63) is 30.1 Å². The molecular formula is C20H30N2O4. The number of Topliss-reactive ketones (excluding diaryl/α,β-unsaturated/α-hetero) is 1. The number of aromatic nitrogens is 1. The van der Waals surface area contributed by atoms with Crippen LogP contribution in [0.5, 0.6) is 0 Å². The Morgan fingerprint density at radius 1 is 1.27 bits per heavy atom. The summed E-state index contributed by atoms with van der Waals surface area (Å²) in [5.41, 5.74) is -0.0514. The third-order valence-electron chi connectivity index (χ3n) is 4.26. The highest BCUT2D eigenvalue weighted by atomic mass is 16.6. The van der Waals surface area contributed by atoms with E-state index in [0.717, 1.165) is 38.6 Å². The monoisotopic (exact) mass is 362 g/mol. The molecule has 2 rings (SSSR count). The van der Waals surface area contributed by atoms with E-state index < -0.39 is 5.60 Å². The Morgan fingerprint density at radius 3 is 2.77 bits per heavy atom. The number of amides is 1. The summed E-state index contributed by atoms with van der Waals surface area (Å²) in [5, 5.41) is 0. The summed E-state index contributed by atoms with van der Waals surface area (Å²) in [5.74, 6) is -0.112. The first-order chi connectivity index (χ1) is 12.4. The zero-order chi connectivity index (χ0) is 19.0. The molecule has 0 aromatic carbocycles. The molecule has 0 aliphatic carbocycles. The van der Waals surface area contributed by atoms with E-state index in [2.05, 4.69) is 4.98 Å². The number of ketones is 1. The van der Waals surface area contributed by atoms with E-state index in [1.165, 1.54) is 0 Å². The Labute approximate surface area is 155 Å². The van der Waals surface area contributed by atoms with Gasteiger partial charge in [0.15, 0.2) is 0 Å². The molecule has 1 aromatic rings. The molecule has 1 saturated heterocycles. The van der Waals surface area contributed by atoms with Crippen LogP contribution >= 0.6 is 0 Å². The standard InChI is InChI=1S/C20H30N2O4/c1-20(2,3)26-19(24)22-13-7-5-9-16(22)10-8-14-25-15-18(23)17-11-4-6-12-21-17/h4,6,11-12,16H,5,7-10,13-15H2,1-3H3/t16-/m0/s1. The van der Waals surface area contributed by atoms with Crippen molar-refractivity contribution in [1.29, 1.82) is 0 Å². The molecule has 1 aliphatic heterocycles. The molecule has 1 aliphatic rings. The maximum Gasteiger partial charge on any atom is 0.410 e. The van der Waals surface area contributed by atoms with Crippen molar-refractivity contribution in [2.45, 2.75) is 64.5 Å². The maximum absolute atomic E-state index is 12.4. The van der Waals surface area contributed by atoms with Gasteiger partial charge in [-0.15, -0.1) is 0 Å². The van der Waals surface area contributed by atoms with Gasteiger partial charge in [-0.05, 0) is 65.0 Å². The molecule has 0 bridgehead atoms. The summed E-state index contributed by atoms with van der Waals surface area (Å²) in [7, 11) is 0. The molecule has 1 amide bonds. The van der Waals surface area contributed by atoms with Crippen molar-refractivity contribution in [1.82, 2.24) is 9.88 Å². The molecule has 1 aromatic heterocycles. The fourth-order valence-electron chi connectivity index (χ4n) is 3.05. The van der Waals surface area contributed by atoms with Gasteiger partial charge in [-0.3, -0.25) is 9.78 Å². The topological polar surface area (TPSA) is 68.7 Å². The number of hydrogen-bond donors (Lipinski definition) is 0. The van der Waals surface area contributed by atoms with Crippen LogP contribution in [0.4, 0.5) is 4.79 Å². The van der Waals surface area contributed by atoms with E-state index in [9.17, 15) is 9.59 Å². The first kappa shape index (κ1) is 20.4. The van der Waals surface area contributed by atoms with Crippen LogP contribution in [-0.4, -0.2) is 53.2 Å². The van der Waals surface area contributed by atoms with Crippen molar-refractivity contribution in [3.63, 3.8) is 0 Å². The molecule has 1 fully saturated rings. The van der Waals surface area contributed by atoms with Crippen LogP contribution in [0.1, 0.15) is 63.4 Å². The molecule has 26 heavy (non-hydrogen) atoms. The smallest absolute Gasteiger partial charge is 0.410 e. The fourth-order valence-corrected chi connectivity index (χ4v) is 3.05. The van der Waals surface area contributed by atoms with E-state index in [0.29, 0.717) is 12.3 Å². The molecule has 2 heterocycles. The number of likely N-dealkylation sites (tertiary alicyclic amines) is 1. The molecule has 0 saturated carbocycles. The van der Waals surface area contributed by atoms with Gasteiger partial charge in [0, 0.05) is 25.4 Å². The van der Waals surface area contributed by atoms with Gasteiger partial charge in [0.25, 0.3) is 0 Å². The summed E-state index contributed by atoms with van der Waals surface area (Å²) in [4.78, 5) is 30.2. The van der Waals surface area contributed by atoms with E-state index >= 15 is 0 Å². The van der Waals surface area contributed by atoms with E-state index in [1.807, 2.05) is 25.7 Å². The third kappa shape index (κ3) is 6.75. The Balaban J connectivity index is 1.71. The second kappa shape index (κ2) is 9.67. The number of pyridine rings is 1. The molecule has 0 radical (unpaired) electrons. The van der Waals surface area contributed by atoms with E-state index in [4.69, 9.17) is 9.47 Å². The number of nitrogens with zero attached hydrogens (tertiary/aromatic N) is 2. The lowest BCUT2D eigenvalue weighted by atomic mass is 9.98. The van der Waals surface area contributed by atoms with Gasteiger partial charge in [-0.1, -0.05) is 6.07 Å². The fraction of sp³-hybridized carbons (Fsp3) is 0.650. The Kier molecular flexibility index (Phi) is 7.57. The Hall–Kier alpha value is -1.95. The zero-order valence-corrected chi connectivity index (χ0v) is 16.1. The number of carbonyl (C=O) groups excluding carboxylic acids is 2. The van der Waals surface area contributed by atoms with E-state index in [-0.39, 0.29) is 24.5 Å². The van der Waals surface area contributed by atoms with Crippen LogP contribution in [0, 0.1) is 0 Å². The lowest BCUT2D eigenvalue weighted by molar-refractivity contribution is 0.00759. The number of carbonyl (C=O) groups is 2. The van der Waals surface area contributed by atoms with Crippen molar-refractivity contribution < 1.29 is 19.1 Å². The van der Waals surface area contributed by atoms with Crippen LogP contribution in [0.15, 0.2) is 24.4 Å². The summed E-state index contributed by atoms with van der Waals surface area (Å²) >= 11 is 0. The van der Waals surface area contributed by atoms with Gasteiger partial charge in [0.2, 0.25) is 5.78 Å². The van der Waals surface area contributed by atoms with Gasteiger partial charge < -0.3 is 14.4 Å². The predicted octanol–water partition coefficient (Wildman–Crippen LogP) is 3.85. The average Bonchev–Trinajstić information content (AvgIpc) is 2.61. The first-order valence-corrected chi connectivity index (χ1v) is 9.38. The minimum Gasteiger partial charge on any atom is -0.444 e. The molecule has 0 spiro atoms. The predicted molar refractivity (Wildman–Crippen MR) is 99.2 cm³/mol. The highest BCUT2D eigenvalue weighted by Crippen LogP contribution is 2.23. The maximum atomic E-state index is 12.4. The largest absolute Gasteiger partial charge is 0.444 e. The normalized spacial score (nSPS) is 17.8. The summed E-state index contributed by atoms with van der Waals surface area (Å²) in [6, 6.07) is 5.44. The summed E-state index contributed by atoms with van der Waals surface area (Å²) < 4.78 is 11.0. The third-order valence-corrected chi connectivity index (χ3v) is 4.26. The highest BCUT2D eigenvalue weighted by Gasteiger charge is 2.30. The molecule has 144 valence electrons. The molecule has 0 N–H and O–H groups in total. The van der Waals surface area contributed by atoms with Crippen LogP contribution in [0.3, 0.4) is 0 Å². The number of ether oxygens (including phenoxy) is 2. The SMILES string of the molecule is CC(C)(C)OC(=O)N1CCCC[C@H]1CCCOCC(=O)c1ccccn1.